The van der Waals surface area contributed by atoms with Crippen LogP contribution in [0, 0.1) is 19.8 Å². The second-order valence-corrected chi connectivity index (χ2v) is 5.82. The average Bonchev–Trinajstić information content (AvgIpc) is 2.85. The molecule has 0 radical (unpaired) electrons. The van der Waals surface area contributed by atoms with Crippen LogP contribution in [-0.2, 0) is 9.59 Å². The molecule has 2 aromatic rings. The molecule has 6 nitrogen and oxygen atoms in total. The molecule has 0 saturated heterocycles. The largest absolute Gasteiger partial charge is 0.310 e. The van der Waals surface area contributed by atoms with Crippen molar-refractivity contribution in [3.05, 3.63) is 53.7 Å². The van der Waals surface area contributed by atoms with E-state index >= 15 is 0 Å². The van der Waals surface area contributed by atoms with Gasteiger partial charge in [0.2, 0.25) is 5.91 Å². The number of aromatic nitrogens is 1. The zero-order valence-electron chi connectivity index (χ0n) is 13.8. The monoisotopic (exact) mass is 322 g/mol. The Morgan fingerprint density at radius 2 is 1.96 bits per heavy atom. The number of benzene rings is 1. The highest BCUT2D eigenvalue weighted by Crippen LogP contribution is 2.28. The summed E-state index contributed by atoms with van der Waals surface area (Å²) >= 11 is 0. The van der Waals surface area contributed by atoms with Crippen molar-refractivity contribution in [1.29, 1.82) is 0 Å². The normalized spacial score (nSPS) is 17.0. The highest BCUT2D eigenvalue weighted by molar-refractivity contribution is 6.28. The molecule has 1 unspecified atom stereocenters. The van der Waals surface area contributed by atoms with Crippen molar-refractivity contribution in [3.8, 4) is 0 Å². The molecule has 0 bridgehead atoms. The summed E-state index contributed by atoms with van der Waals surface area (Å²) in [5.41, 5.74) is 3.12. The molecular formula is C18H18N4O2. The molecule has 24 heavy (non-hydrogen) atoms. The number of rotatable bonds is 3. The number of anilines is 2. The summed E-state index contributed by atoms with van der Waals surface area (Å²) in [6.45, 7) is 5.55. The first-order valence-electron chi connectivity index (χ1n) is 7.65. The maximum Gasteiger partial charge on any atom is 0.265 e. The molecule has 1 aliphatic heterocycles. The van der Waals surface area contributed by atoms with Gasteiger partial charge >= 0.3 is 0 Å². The fourth-order valence-electron chi connectivity index (χ4n) is 2.62. The lowest BCUT2D eigenvalue weighted by Crippen LogP contribution is -2.36. The molecule has 0 aliphatic carbocycles. The number of nitrogens with one attached hydrogen (secondary N) is 1. The number of carbonyl (C=O) groups excluding carboxylic acids is 2. The van der Waals surface area contributed by atoms with Gasteiger partial charge in [0.05, 0.1) is 11.4 Å². The van der Waals surface area contributed by atoms with Gasteiger partial charge < -0.3 is 5.32 Å². The fourth-order valence-corrected chi connectivity index (χ4v) is 2.62. The smallest absolute Gasteiger partial charge is 0.265 e. The van der Waals surface area contributed by atoms with Crippen LogP contribution in [0.3, 0.4) is 0 Å². The van der Waals surface area contributed by atoms with Crippen molar-refractivity contribution in [2.45, 2.75) is 20.8 Å². The summed E-state index contributed by atoms with van der Waals surface area (Å²) in [4.78, 5) is 29.3. The molecule has 122 valence electrons. The van der Waals surface area contributed by atoms with E-state index in [0.717, 1.165) is 11.1 Å². The Hall–Kier alpha value is -3.02. The van der Waals surface area contributed by atoms with E-state index in [0.29, 0.717) is 17.2 Å². The SMILES string of the molecule is CC1=NN(c2cc(C)ccc2C)C(=O)C1C(=O)Nc1ccccn1. The number of hydrazone groups is 1. The summed E-state index contributed by atoms with van der Waals surface area (Å²) in [7, 11) is 0. The third-order valence-electron chi connectivity index (χ3n) is 3.90. The lowest BCUT2D eigenvalue weighted by Gasteiger charge is -2.17. The van der Waals surface area contributed by atoms with Gasteiger partial charge in [-0.1, -0.05) is 18.2 Å². The zero-order chi connectivity index (χ0) is 17.3. The molecule has 1 aromatic heterocycles. The van der Waals surface area contributed by atoms with E-state index < -0.39 is 11.8 Å². The second-order valence-electron chi connectivity index (χ2n) is 5.82. The lowest BCUT2D eigenvalue weighted by atomic mass is 10.0. The Labute approximate surface area is 140 Å². The number of nitrogens with zero attached hydrogens (tertiary/aromatic N) is 3. The van der Waals surface area contributed by atoms with Crippen LogP contribution < -0.4 is 10.3 Å². The van der Waals surface area contributed by atoms with Crippen molar-refractivity contribution < 1.29 is 9.59 Å². The number of aryl methyl sites for hydroxylation is 2. The average molecular weight is 322 g/mol. The van der Waals surface area contributed by atoms with Crippen LogP contribution >= 0.6 is 0 Å². The standard InChI is InChI=1S/C18H18N4O2/c1-11-7-8-12(2)14(10-11)22-18(24)16(13(3)21-22)17(23)20-15-6-4-5-9-19-15/h4-10,16H,1-3H3,(H,19,20,23). The Kier molecular flexibility index (Phi) is 4.12. The highest BCUT2D eigenvalue weighted by Gasteiger charge is 2.40. The minimum atomic E-state index is -0.938. The van der Waals surface area contributed by atoms with Crippen molar-refractivity contribution in [3.63, 3.8) is 0 Å². The van der Waals surface area contributed by atoms with Gasteiger partial charge in [0.25, 0.3) is 5.91 Å². The lowest BCUT2D eigenvalue weighted by molar-refractivity contribution is -0.127. The van der Waals surface area contributed by atoms with Gasteiger partial charge in [0.1, 0.15) is 5.82 Å². The first kappa shape index (κ1) is 15.9. The minimum Gasteiger partial charge on any atom is -0.310 e. The van der Waals surface area contributed by atoms with Gasteiger partial charge in [-0.05, 0) is 50.1 Å². The number of hydrogen-bond acceptors (Lipinski definition) is 4. The molecule has 0 spiro atoms. The van der Waals surface area contributed by atoms with Crippen LogP contribution in [0.15, 0.2) is 47.7 Å². The Morgan fingerprint density at radius 1 is 1.17 bits per heavy atom. The van der Waals surface area contributed by atoms with Gasteiger partial charge in [-0.3, -0.25) is 9.59 Å². The molecule has 0 saturated carbocycles. The molecular weight excluding hydrogens is 304 g/mol. The molecule has 1 aromatic carbocycles. The summed E-state index contributed by atoms with van der Waals surface area (Å²) in [5.74, 6) is -1.30. The third kappa shape index (κ3) is 2.90. The van der Waals surface area contributed by atoms with Gasteiger partial charge in [0, 0.05) is 6.20 Å². The van der Waals surface area contributed by atoms with Gasteiger partial charge in [-0.2, -0.15) is 10.1 Å². The number of amides is 2. The number of hydrogen-bond donors (Lipinski definition) is 1. The molecule has 3 rings (SSSR count). The Bertz CT molecular complexity index is 830. The molecule has 1 N–H and O–H groups in total. The predicted octanol–water partition coefficient (Wildman–Crippen LogP) is 2.68. The van der Waals surface area contributed by atoms with E-state index in [4.69, 9.17) is 0 Å². The highest BCUT2D eigenvalue weighted by atomic mass is 16.2. The van der Waals surface area contributed by atoms with Crippen LogP contribution in [0.2, 0.25) is 0 Å². The number of pyridine rings is 1. The molecule has 2 amide bonds. The predicted molar refractivity (Wildman–Crippen MR) is 92.9 cm³/mol. The Balaban J connectivity index is 1.85. The summed E-state index contributed by atoms with van der Waals surface area (Å²) in [5, 5.41) is 8.29. The second kappa shape index (κ2) is 6.23. The Morgan fingerprint density at radius 3 is 2.67 bits per heavy atom. The summed E-state index contributed by atoms with van der Waals surface area (Å²) in [6, 6.07) is 11.0. The van der Waals surface area contributed by atoms with E-state index in [1.54, 1.807) is 31.3 Å². The van der Waals surface area contributed by atoms with Crippen LogP contribution in [0.4, 0.5) is 11.5 Å². The first-order chi connectivity index (χ1) is 11.5. The van der Waals surface area contributed by atoms with Crippen LogP contribution in [0.5, 0.6) is 0 Å². The fraction of sp³-hybridized carbons (Fsp3) is 0.222. The number of carbonyl (C=O) groups is 2. The van der Waals surface area contributed by atoms with Gasteiger partial charge in [0.15, 0.2) is 5.92 Å². The van der Waals surface area contributed by atoms with E-state index in [-0.39, 0.29) is 5.91 Å². The summed E-state index contributed by atoms with van der Waals surface area (Å²) < 4.78 is 0. The molecule has 2 heterocycles. The van der Waals surface area contributed by atoms with Crippen molar-refractivity contribution in [2.24, 2.45) is 11.0 Å². The third-order valence-corrected chi connectivity index (χ3v) is 3.90. The van der Waals surface area contributed by atoms with Crippen molar-refractivity contribution in [1.82, 2.24) is 4.98 Å². The van der Waals surface area contributed by atoms with Crippen LogP contribution in [0.25, 0.3) is 0 Å². The zero-order valence-corrected chi connectivity index (χ0v) is 13.8. The molecule has 6 heteroatoms. The van der Waals surface area contributed by atoms with Crippen molar-refractivity contribution in [2.75, 3.05) is 10.3 Å². The quantitative estimate of drug-likeness (QED) is 0.883. The maximum absolute atomic E-state index is 12.7. The first-order valence-corrected chi connectivity index (χ1v) is 7.65. The summed E-state index contributed by atoms with van der Waals surface area (Å²) in [6.07, 6.45) is 1.58. The molecule has 1 atom stereocenters. The maximum atomic E-state index is 12.7. The van der Waals surface area contributed by atoms with Gasteiger partial charge in [-0.15, -0.1) is 0 Å². The van der Waals surface area contributed by atoms with Crippen LogP contribution in [0.1, 0.15) is 18.1 Å². The minimum absolute atomic E-state index is 0.352. The van der Waals surface area contributed by atoms with Crippen molar-refractivity contribution >= 4 is 29.0 Å². The van der Waals surface area contributed by atoms with E-state index in [1.807, 2.05) is 32.0 Å². The van der Waals surface area contributed by atoms with E-state index in [2.05, 4.69) is 15.4 Å². The van der Waals surface area contributed by atoms with Crippen LogP contribution in [-0.4, -0.2) is 22.5 Å². The van der Waals surface area contributed by atoms with Gasteiger partial charge in [-0.25, -0.2) is 4.98 Å². The van der Waals surface area contributed by atoms with E-state index in [1.165, 1.54) is 5.01 Å². The molecule has 1 aliphatic rings. The van der Waals surface area contributed by atoms with E-state index in [9.17, 15) is 9.59 Å². The molecule has 0 fully saturated rings. The topological polar surface area (TPSA) is 74.7 Å².